The molecule has 2 rings (SSSR count). The monoisotopic (exact) mass is 254 g/mol. The molecule has 3 atom stereocenters. The summed E-state index contributed by atoms with van der Waals surface area (Å²) >= 11 is 0. The SMILES string of the molecule is CCC1CN(C)CCCN1C1CCC(C)(C)C1O. The Morgan fingerprint density at radius 2 is 2.00 bits per heavy atom. The summed E-state index contributed by atoms with van der Waals surface area (Å²) in [6.45, 7) is 10.2. The van der Waals surface area contributed by atoms with Gasteiger partial charge in [0.2, 0.25) is 0 Å². The molecule has 0 aromatic carbocycles. The van der Waals surface area contributed by atoms with E-state index in [1.165, 1.54) is 19.4 Å². The molecule has 3 heteroatoms. The Hall–Kier alpha value is -0.120. The van der Waals surface area contributed by atoms with Gasteiger partial charge in [-0.2, -0.15) is 0 Å². The molecule has 0 bridgehead atoms. The van der Waals surface area contributed by atoms with E-state index in [0.717, 1.165) is 25.9 Å². The summed E-state index contributed by atoms with van der Waals surface area (Å²) in [6, 6.07) is 1.00. The van der Waals surface area contributed by atoms with Crippen molar-refractivity contribution < 1.29 is 5.11 Å². The van der Waals surface area contributed by atoms with Crippen LogP contribution in [0, 0.1) is 5.41 Å². The molecular weight excluding hydrogens is 224 g/mol. The lowest BCUT2D eigenvalue weighted by atomic mass is 9.88. The van der Waals surface area contributed by atoms with Crippen LogP contribution in [0.3, 0.4) is 0 Å². The number of nitrogens with zero attached hydrogens (tertiary/aromatic N) is 2. The Bertz CT molecular complexity index is 280. The second-order valence-electron chi connectivity index (χ2n) is 6.96. The molecule has 2 aliphatic rings. The number of hydrogen-bond acceptors (Lipinski definition) is 3. The lowest BCUT2D eigenvalue weighted by Crippen LogP contribution is -2.50. The third kappa shape index (κ3) is 2.73. The Labute approximate surface area is 112 Å². The van der Waals surface area contributed by atoms with Gasteiger partial charge in [-0.1, -0.05) is 20.8 Å². The van der Waals surface area contributed by atoms with Crippen molar-refractivity contribution in [1.29, 1.82) is 0 Å². The van der Waals surface area contributed by atoms with Crippen molar-refractivity contribution in [2.24, 2.45) is 5.41 Å². The van der Waals surface area contributed by atoms with Crippen molar-refractivity contribution in [3.05, 3.63) is 0 Å². The molecule has 1 heterocycles. The molecule has 0 amide bonds. The molecule has 106 valence electrons. The number of aliphatic hydroxyl groups is 1. The van der Waals surface area contributed by atoms with Gasteiger partial charge in [0.1, 0.15) is 0 Å². The van der Waals surface area contributed by atoms with Gasteiger partial charge in [-0.3, -0.25) is 4.90 Å². The van der Waals surface area contributed by atoms with Gasteiger partial charge in [-0.05, 0) is 44.7 Å². The van der Waals surface area contributed by atoms with Crippen LogP contribution in [-0.2, 0) is 0 Å². The summed E-state index contributed by atoms with van der Waals surface area (Å²) in [5, 5.41) is 10.6. The summed E-state index contributed by atoms with van der Waals surface area (Å²) in [5.41, 5.74) is 0.0984. The summed E-state index contributed by atoms with van der Waals surface area (Å²) in [6.07, 6.45) is 4.58. The molecule has 18 heavy (non-hydrogen) atoms. The highest BCUT2D eigenvalue weighted by Gasteiger charge is 2.45. The van der Waals surface area contributed by atoms with Crippen molar-refractivity contribution >= 4 is 0 Å². The van der Waals surface area contributed by atoms with E-state index in [0.29, 0.717) is 12.1 Å². The fraction of sp³-hybridized carbons (Fsp3) is 1.00. The van der Waals surface area contributed by atoms with Crippen LogP contribution in [0.25, 0.3) is 0 Å². The number of rotatable bonds is 2. The van der Waals surface area contributed by atoms with Gasteiger partial charge in [0.15, 0.2) is 0 Å². The zero-order valence-electron chi connectivity index (χ0n) is 12.5. The van der Waals surface area contributed by atoms with Gasteiger partial charge in [0.25, 0.3) is 0 Å². The van der Waals surface area contributed by atoms with Crippen LogP contribution in [0.2, 0.25) is 0 Å². The molecule has 0 radical (unpaired) electrons. The van der Waals surface area contributed by atoms with E-state index in [2.05, 4.69) is 37.6 Å². The van der Waals surface area contributed by atoms with Crippen LogP contribution in [-0.4, -0.2) is 59.8 Å². The molecule has 2 fully saturated rings. The average molecular weight is 254 g/mol. The Kier molecular flexibility index (Phi) is 4.35. The van der Waals surface area contributed by atoms with Crippen LogP contribution < -0.4 is 0 Å². The Morgan fingerprint density at radius 3 is 2.56 bits per heavy atom. The molecule has 1 saturated carbocycles. The van der Waals surface area contributed by atoms with Crippen molar-refractivity contribution in [2.45, 2.75) is 64.6 Å². The van der Waals surface area contributed by atoms with Gasteiger partial charge in [-0.15, -0.1) is 0 Å². The zero-order chi connectivity index (χ0) is 13.3. The first-order chi connectivity index (χ1) is 8.45. The fourth-order valence-corrected chi connectivity index (χ4v) is 3.76. The molecule has 0 aromatic heterocycles. The normalized spacial score (nSPS) is 38.8. The van der Waals surface area contributed by atoms with E-state index in [9.17, 15) is 5.11 Å². The lowest BCUT2D eigenvalue weighted by Gasteiger charge is -2.38. The molecule has 0 spiro atoms. The van der Waals surface area contributed by atoms with Gasteiger partial charge in [0, 0.05) is 25.2 Å². The van der Waals surface area contributed by atoms with E-state index >= 15 is 0 Å². The maximum absolute atomic E-state index is 10.6. The molecule has 3 nitrogen and oxygen atoms in total. The minimum absolute atomic E-state index is 0.0984. The third-order valence-corrected chi connectivity index (χ3v) is 5.09. The number of aliphatic hydroxyl groups excluding tert-OH is 1. The minimum Gasteiger partial charge on any atom is -0.391 e. The first kappa shape index (κ1) is 14.3. The standard InChI is InChI=1S/C15H30N2O/c1-5-12-11-16(4)9-6-10-17(12)13-7-8-15(2,3)14(13)18/h12-14,18H,5-11H2,1-4H3. The molecule has 3 unspecified atom stereocenters. The van der Waals surface area contributed by atoms with E-state index in [1.54, 1.807) is 0 Å². The van der Waals surface area contributed by atoms with Crippen LogP contribution >= 0.6 is 0 Å². The van der Waals surface area contributed by atoms with E-state index in [1.807, 2.05) is 0 Å². The van der Waals surface area contributed by atoms with Crippen LogP contribution in [0.1, 0.15) is 46.5 Å². The maximum atomic E-state index is 10.6. The van der Waals surface area contributed by atoms with E-state index < -0.39 is 0 Å². The van der Waals surface area contributed by atoms with Crippen LogP contribution in [0.15, 0.2) is 0 Å². The summed E-state index contributed by atoms with van der Waals surface area (Å²) in [7, 11) is 2.22. The van der Waals surface area contributed by atoms with E-state index in [-0.39, 0.29) is 11.5 Å². The molecule has 1 aliphatic carbocycles. The first-order valence-corrected chi connectivity index (χ1v) is 7.58. The topological polar surface area (TPSA) is 26.7 Å². The van der Waals surface area contributed by atoms with Gasteiger partial charge < -0.3 is 10.0 Å². The van der Waals surface area contributed by atoms with Crippen LogP contribution in [0.4, 0.5) is 0 Å². The highest BCUT2D eigenvalue weighted by molar-refractivity contribution is 4.98. The molecule has 1 N–H and O–H groups in total. The van der Waals surface area contributed by atoms with E-state index in [4.69, 9.17) is 0 Å². The number of hydrogen-bond donors (Lipinski definition) is 1. The maximum Gasteiger partial charge on any atom is 0.0746 e. The lowest BCUT2D eigenvalue weighted by molar-refractivity contribution is -0.00135. The summed E-state index contributed by atoms with van der Waals surface area (Å²) < 4.78 is 0. The second-order valence-corrected chi connectivity index (χ2v) is 6.96. The van der Waals surface area contributed by atoms with Gasteiger partial charge in [0.05, 0.1) is 6.10 Å². The largest absolute Gasteiger partial charge is 0.391 e. The third-order valence-electron chi connectivity index (χ3n) is 5.09. The highest BCUT2D eigenvalue weighted by atomic mass is 16.3. The van der Waals surface area contributed by atoms with Crippen molar-refractivity contribution in [3.63, 3.8) is 0 Å². The predicted octanol–water partition coefficient (Wildman–Crippen LogP) is 1.95. The van der Waals surface area contributed by atoms with Crippen molar-refractivity contribution in [3.8, 4) is 0 Å². The Balaban J connectivity index is 2.10. The smallest absolute Gasteiger partial charge is 0.0746 e. The minimum atomic E-state index is -0.157. The van der Waals surface area contributed by atoms with Crippen LogP contribution in [0.5, 0.6) is 0 Å². The van der Waals surface area contributed by atoms with Gasteiger partial charge >= 0.3 is 0 Å². The molecule has 0 aromatic rings. The molecule has 1 saturated heterocycles. The second kappa shape index (κ2) is 5.48. The molecule has 1 aliphatic heterocycles. The predicted molar refractivity (Wildman–Crippen MR) is 75.7 cm³/mol. The Morgan fingerprint density at radius 1 is 1.28 bits per heavy atom. The fourth-order valence-electron chi connectivity index (χ4n) is 3.76. The van der Waals surface area contributed by atoms with Crippen molar-refractivity contribution in [2.75, 3.05) is 26.7 Å². The summed E-state index contributed by atoms with van der Waals surface area (Å²) in [4.78, 5) is 5.06. The summed E-state index contributed by atoms with van der Waals surface area (Å²) in [5.74, 6) is 0. The quantitative estimate of drug-likeness (QED) is 0.816. The molecular formula is C15H30N2O. The first-order valence-electron chi connectivity index (χ1n) is 7.58. The van der Waals surface area contributed by atoms with Crippen molar-refractivity contribution in [1.82, 2.24) is 9.80 Å². The number of likely N-dealkylation sites (N-methyl/N-ethyl adjacent to an activating group) is 1. The average Bonchev–Trinajstić information content (AvgIpc) is 2.51. The zero-order valence-corrected chi connectivity index (χ0v) is 12.5. The highest BCUT2D eigenvalue weighted by Crippen LogP contribution is 2.40. The van der Waals surface area contributed by atoms with Gasteiger partial charge in [-0.25, -0.2) is 0 Å².